The van der Waals surface area contributed by atoms with Gasteiger partial charge in [0.2, 0.25) is 10.0 Å². The van der Waals surface area contributed by atoms with Gasteiger partial charge in [0.05, 0.1) is 4.90 Å². The van der Waals surface area contributed by atoms with E-state index in [1.165, 1.54) is 4.31 Å². The average Bonchev–Trinajstić information content (AvgIpc) is 3.13. The first kappa shape index (κ1) is 18.1. The third-order valence-corrected chi connectivity index (χ3v) is 7.01. The molecule has 3 aromatic rings. The molecule has 0 aliphatic carbocycles. The molecule has 2 aliphatic rings. The third kappa shape index (κ3) is 3.15. The van der Waals surface area contributed by atoms with E-state index in [4.69, 9.17) is 9.47 Å². The number of rotatable bonds is 3. The molecule has 0 unspecified atom stereocenters. The fourth-order valence-corrected chi connectivity index (χ4v) is 4.98. The second-order valence-electron chi connectivity index (χ2n) is 6.91. The van der Waals surface area contributed by atoms with Crippen molar-refractivity contribution in [2.24, 2.45) is 0 Å². The lowest BCUT2D eigenvalue weighted by molar-refractivity contribution is 0.171. The number of aryl methyl sites for hydroxylation is 1. The summed E-state index contributed by atoms with van der Waals surface area (Å²) in [7, 11) is -3.61. The van der Waals surface area contributed by atoms with Gasteiger partial charge in [0.25, 0.3) is 0 Å². The Morgan fingerprint density at radius 2 is 1.69 bits per heavy atom. The van der Waals surface area contributed by atoms with Crippen LogP contribution in [0.1, 0.15) is 5.82 Å². The Balaban J connectivity index is 1.33. The number of ether oxygens (including phenoxy) is 2. The lowest BCUT2D eigenvalue weighted by atomic mass is 10.3. The van der Waals surface area contributed by atoms with Crippen molar-refractivity contribution in [3.8, 4) is 11.5 Å². The summed E-state index contributed by atoms with van der Waals surface area (Å²) >= 11 is 0. The number of hydrogen-bond acceptors (Lipinski definition) is 8. The van der Waals surface area contributed by atoms with Gasteiger partial charge in [-0.15, -0.1) is 15.3 Å². The van der Waals surface area contributed by atoms with Crippen LogP contribution in [-0.2, 0) is 10.0 Å². The zero-order chi connectivity index (χ0) is 20.0. The van der Waals surface area contributed by atoms with Crippen LogP contribution in [0.3, 0.4) is 0 Å². The molecule has 5 rings (SSSR count). The fourth-order valence-electron chi connectivity index (χ4n) is 3.55. The van der Waals surface area contributed by atoms with Crippen LogP contribution in [0.4, 0.5) is 5.82 Å². The van der Waals surface area contributed by atoms with Crippen molar-refractivity contribution in [2.75, 3.05) is 44.3 Å². The monoisotopic (exact) mass is 416 g/mol. The van der Waals surface area contributed by atoms with Gasteiger partial charge in [-0.05, 0) is 31.2 Å². The molecule has 0 spiro atoms. The van der Waals surface area contributed by atoms with Crippen LogP contribution in [0, 0.1) is 6.92 Å². The molecule has 1 fully saturated rings. The van der Waals surface area contributed by atoms with E-state index in [-0.39, 0.29) is 4.90 Å². The zero-order valence-corrected chi connectivity index (χ0v) is 16.7. The standard InChI is InChI=1S/C18H20N6O4S/c1-13-19-20-17-4-5-18(21-24(13)17)22-6-8-23(9-7-22)29(25,26)14-2-3-15-16(12-14)28-11-10-27-15/h2-5,12H,6-11H2,1H3. The average molecular weight is 416 g/mol. The van der Waals surface area contributed by atoms with Crippen molar-refractivity contribution in [1.82, 2.24) is 24.1 Å². The smallest absolute Gasteiger partial charge is 0.243 e. The molecule has 1 aromatic carbocycles. The highest BCUT2D eigenvalue weighted by Gasteiger charge is 2.30. The molecule has 0 bridgehead atoms. The van der Waals surface area contributed by atoms with Crippen molar-refractivity contribution in [3.63, 3.8) is 0 Å². The SMILES string of the molecule is Cc1nnc2ccc(N3CCN(S(=O)(=O)c4ccc5c(c4)OCCO5)CC3)nn12. The van der Waals surface area contributed by atoms with Crippen molar-refractivity contribution in [2.45, 2.75) is 11.8 Å². The van der Waals surface area contributed by atoms with Crippen LogP contribution in [0.25, 0.3) is 5.65 Å². The molecule has 2 aliphatic heterocycles. The molecule has 0 saturated carbocycles. The number of anilines is 1. The van der Waals surface area contributed by atoms with Crippen LogP contribution < -0.4 is 14.4 Å². The maximum Gasteiger partial charge on any atom is 0.243 e. The number of sulfonamides is 1. The Kier molecular flexibility index (Phi) is 4.28. The van der Waals surface area contributed by atoms with Crippen molar-refractivity contribution in [1.29, 1.82) is 0 Å². The van der Waals surface area contributed by atoms with Crippen molar-refractivity contribution >= 4 is 21.5 Å². The molecular formula is C18H20N6O4S. The lowest BCUT2D eigenvalue weighted by Gasteiger charge is -2.34. The maximum absolute atomic E-state index is 13.1. The third-order valence-electron chi connectivity index (χ3n) is 5.12. The summed E-state index contributed by atoms with van der Waals surface area (Å²) in [6.45, 7) is 4.56. The predicted octanol–water partition coefficient (Wildman–Crippen LogP) is 0.715. The normalized spacial score (nSPS) is 17.6. The van der Waals surface area contributed by atoms with E-state index in [9.17, 15) is 8.42 Å². The van der Waals surface area contributed by atoms with Crippen LogP contribution in [0.5, 0.6) is 11.5 Å². The van der Waals surface area contributed by atoms with Gasteiger partial charge in [-0.1, -0.05) is 0 Å². The Labute approximate surface area is 167 Å². The number of nitrogens with zero attached hydrogens (tertiary/aromatic N) is 6. The summed E-state index contributed by atoms with van der Waals surface area (Å²) < 4.78 is 40.3. The number of benzene rings is 1. The van der Waals surface area contributed by atoms with E-state index in [0.29, 0.717) is 62.4 Å². The minimum atomic E-state index is -3.61. The Bertz CT molecular complexity index is 1170. The van der Waals surface area contributed by atoms with E-state index in [1.807, 2.05) is 19.1 Å². The highest BCUT2D eigenvalue weighted by atomic mass is 32.2. The molecule has 0 amide bonds. The summed E-state index contributed by atoms with van der Waals surface area (Å²) in [5.41, 5.74) is 0.686. The first-order chi connectivity index (χ1) is 14.0. The van der Waals surface area contributed by atoms with E-state index < -0.39 is 10.0 Å². The van der Waals surface area contributed by atoms with Gasteiger partial charge in [-0.2, -0.15) is 8.82 Å². The predicted molar refractivity (Wildman–Crippen MR) is 104 cm³/mol. The minimum absolute atomic E-state index is 0.217. The molecule has 10 nitrogen and oxygen atoms in total. The number of hydrogen-bond donors (Lipinski definition) is 0. The fraction of sp³-hybridized carbons (Fsp3) is 0.389. The topological polar surface area (TPSA) is 102 Å². The largest absolute Gasteiger partial charge is 0.486 e. The van der Waals surface area contributed by atoms with Crippen molar-refractivity contribution < 1.29 is 17.9 Å². The van der Waals surface area contributed by atoms with Crippen molar-refractivity contribution in [3.05, 3.63) is 36.2 Å². The quantitative estimate of drug-likeness (QED) is 0.615. The summed E-state index contributed by atoms with van der Waals surface area (Å²) in [4.78, 5) is 2.28. The second kappa shape index (κ2) is 6.85. The molecule has 4 heterocycles. The molecule has 0 radical (unpaired) electrons. The van der Waals surface area contributed by atoms with Gasteiger partial charge in [0.15, 0.2) is 23.0 Å². The molecule has 11 heteroatoms. The summed E-state index contributed by atoms with van der Waals surface area (Å²) in [6, 6.07) is 8.51. The first-order valence-corrected chi connectivity index (χ1v) is 10.8. The van der Waals surface area contributed by atoms with Gasteiger partial charge < -0.3 is 14.4 Å². The van der Waals surface area contributed by atoms with Crippen LogP contribution in [0.15, 0.2) is 35.2 Å². The molecule has 0 atom stereocenters. The Morgan fingerprint density at radius 1 is 0.931 bits per heavy atom. The Hall–Kier alpha value is -2.92. The molecule has 2 aromatic heterocycles. The Morgan fingerprint density at radius 3 is 2.48 bits per heavy atom. The molecular weight excluding hydrogens is 396 g/mol. The molecule has 152 valence electrons. The molecule has 0 N–H and O–H groups in total. The van der Waals surface area contributed by atoms with E-state index in [2.05, 4.69) is 20.2 Å². The summed E-state index contributed by atoms with van der Waals surface area (Å²) in [6.07, 6.45) is 0. The number of fused-ring (bicyclic) bond motifs is 2. The molecule has 1 saturated heterocycles. The highest BCUT2D eigenvalue weighted by Crippen LogP contribution is 2.33. The highest BCUT2D eigenvalue weighted by molar-refractivity contribution is 7.89. The lowest BCUT2D eigenvalue weighted by Crippen LogP contribution is -2.49. The zero-order valence-electron chi connectivity index (χ0n) is 15.9. The van der Waals surface area contributed by atoms with Gasteiger partial charge in [0.1, 0.15) is 19.0 Å². The van der Waals surface area contributed by atoms with Crippen LogP contribution in [-0.4, -0.2) is 71.9 Å². The van der Waals surface area contributed by atoms with E-state index >= 15 is 0 Å². The molecule has 29 heavy (non-hydrogen) atoms. The summed E-state index contributed by atoms with van der Waals surface area (Å²) in [5, 5.41) is 12.6. The van der Waals surface area contributed by atoms with Gasteiger partial charge in [0, 0.05) is 32.2 Å². The van der Waals surface area contributed by atoms with Crippen LogP contribution in [0.2, 0.25) is 0 Å². The van der Waals surface area contributed by atoms with Gasteiger partial charge in [-0.3, -0.25) is 0 Å². The van der Waals surface area contributed by atoms with Gasteiger partial charge in [-0.25, -0.2) is 8.42 Å². The van der Waals surface area contributed by atoms with E-state index in [0.717, 1.165) is 5.82 Å². The van der Waals surface area contributed by atoms with Gasteiger partial charge >= 0.3 is 0 Å². The summed E-state index contributed by atoms with van der Waals surface area (Å²) in [5.74, 6) is 2.53. The second-order valence-corrected chi connectivity index (χ2v) is 8.84. The van der Waals surface area contributed by atoms with E-state index in [1.54, 1.807) is 22.7 Å². The van der Waals surface area contributed by atoms with Crippen LogP contribution >= 0.6 is 0 Å². The first-order valence-electron chi connectivity index (χ1n) is 9.36. The maximum atomic E-state index is 13.1. The minimum Gasteiger partial charge on any atom is -0.486 e. The number of piperazine rings is 1. The number of aromatic nitrogens is 4.